The van der Waals surface area contributed by atoms with Gasteiger partial charge in [-0.15, -0.1) is 0 Å². The van der Waals surface area contributed by atoms with Gasteiger partial charge in [0.15, 0.2) is 0 Å². The summed E-state index contributed by atoms with van der Waals surface area (Å²) in [6.07, 6.45) is 0.520. The number of anilines is 1. The lowest BCUT2D eigenvalue weighted by atomic mass is 10.0. The Kier molecular flexibility index (Phi) is 5.75. The third kappa shape index (κ3) is 4.10. The molecule has 1 heterocycles. The summed E-state index contributed by atoms with van der Waals surface area (Å²) in [6.45, 7) is 0.225. The molecular formula is C24H17ClN2O5. The molecule has 0 radical (unpaired) electrons. The average Bonchev–Trinajstić information content (AvgIpc) is 3.02. The number of hydrogen-bond acceptors (Lipinski definition) is 4. The quantitative estimate of drug-likeness (QED) is 0.552. The fourth-order valence-corrected chi connectivity index (χ4v) is 3.69. The van der Waals surface area contributed by atoms with Crippen LogP contribution in [0.4, 0.5) is 5.69 Å². The number of carbonyl (C=O) groups excluding carboxylic acids is 3. The highest BCUT2D eigenvalue weighted by atomic mass is 35.5. The van der Waals surface area contributed by atoms with Gasteiger partial charge in [-0.1, -0.05) is 41.9 Å². The van der Waals surface area contributed by atoms with Gasteiger partial charge < -0.3 is 10.4 Å². The molecule has 0 fully saturated rings. The largest absolute Gasteiger partial charge is 0.478 e. The minimum Gasteiger partial charge on any atom is -0.478 e. The number of nitrogens with zero attached hydrogens (tertiary/aromatic N) is 1. The number of fused-ring (bicyclic) bond motifs is 1. The Bertz CT molecular complexity index is 1260. The van der Waals surface area contributed by atoms with E-state index in [0.717, 1.165) is 5.56 Å². The SMILES string of the molecule is O=C(Nc1cc(Cl)ccc1C(=O)O)c1ccc2c(c1)C(=O)N(CCc1ccccc1)C2=O. The molecule has 3 amide bonds. The molecule has 1 aliphatic heterocycles. The molecule has 2 N–H and O–H groups in total. The van der Waals surface area contributed by atoms with Crippen molar-refractivity contribution >= 4 is 41.0 Å². The van der Waals surface area contributed by atoms with Crippen LogP contribution in [0.15, 0.2) is 66.7 Å². The van der Waals surface area contributed by atoms with Gasteiger partial charge in [-0.25, -0.2) is 4.79 Å². The Morgan fingerprint density at radius 2 is 1.62 bits per heavy atom. The minimum atomic E-state index is -1.22. The maximum atomic E-state index is 12.8. The van der Waals surface area contributed by atoms with Crippen molar-refractivity contribution < 1.29 is 24.3 Å². The van der Waals surface area contributed by atoms with Crippen molar-refractivity contribution in [3.8, 4) is 0 Å². The summed E-state index contributed by atoms with van der Waals surface area (Å²) in [5.74, 6) is -2.72. The molecule has 7 nitrogen and oxygen atoms in total. The van der Waals surface area contributed by atoms with E-state index in [2.05, 4.69) is 5.32 Å². The lowest BCUT2D eigenvalue weighted by Crippen LogP contribution is -2.31. The molecule has 160 valence electrons. The second-order valence-corrected chi connectivity index (χ2v) is 7.64. The average molecular weight is 449 g/mol. The fraction of sp³-hybridized carbons (Fsp3) is 0.0833. The molecule has 3 aromatic rings. The highest BCUT2D eigenvalue weighted by Gasteiger charge is 2.35. The summed E-state index contributed by atoms with van der Waals surface area (Å²) >= 11 is 5.92. The van der Waals surface area contributed by atoms with Crippen molar-refractivity contribution in [1.29, 1.82) is 0 Å². The van der Waals surface area contributed by atoms with Crippen molar-refractivity contribution in [2.45, 2.75) is 6.42 Å². The van der Waals surface area contributed by atoms with Crippen LogP contribution in [0.25, 0.3) is 0 Å². The first-order chi connectivity index (χ1) is 15.3. The van der Waals surface area contributed by atoms with Crippen molar-refractivity contribution in [1.82, 2.24) is 4.90 Å². The molecular weight excluding hydrogens is 432 g/mol. The van der Waals surface area contributed by atoms with E-state index in [-0.39, 0.29) is 39.5 Å². The number of carboxylic acids is 1. The maximum Gasteiger partial charge on any atom is 0.337 e. The van der Waals surface area contributed by atoms with Crippen molar-refractivity contribution in [3.63, 3.8) is 0 Å². The third-order valence-corrected chi connectivity index (χ3v) is 5.40. The first kappa shape index (κ1) is 21.3. The topological polar surface area (TPSA) is 104 Å². The highest BCUT2D eigenvalue weighted by Crippen LogP contribution is 2.26. The first-order valence-corrected chi connectivity index (χ1v) is 10.1. The van der Waals surface area contributed by atoms with Gasteiger partial charge in [-0.05, 0) is 48.4 Å². The summed E-state index contributed by atoms with van der Waals surface area (Å²) in [6, 6.07) is 17.7. The zero-order chi connectivity index (χ0) is 22.8. The van der Waals surface area contributed by atoms with E-state index >= 15 is 0 Å². The van der Waals surface area contributed by atoms with Crippen molar-refractivity contribution in [3.05, 3.63) is 99.6 Å². The van der Waals surface area contributed by atoms with Crippen LogP contribution in [0.3, 0.4) is 0 Å². The van der Waals surface area contributed by atoms with Gasteiger partial charge in [0.2, 0.25) is 0 Å². The number of halogens is 1. The van der Waals surface area contributed by atoms with Crippen LogP contribution in [0.5, 0.6) is 0 Å². The standard InChI is InChI=1S/C24H17ClN2O5/c25-16-7-9-18(24(31)32)20(13-16)26-21(28)15-6-8-17-19(12-15)23(30)27(22(17)29)11-10-14-4-2-1-3-5-14/h1-9,12-13H,10-11H2,(H,26,28)(H,31,32). The monoisotopic (exact) mass is 448 g/mol. The van der Waals surface area contributed by atoms with Gasteiger partial charge in [0, 0.05) is 17.1 Å². The molecule has 1 aliphatic rings. The lowest BCUT2D eigenvalue weighted by molar-refractivity contribution is 0.0652. The van der Waals surface area contributed by atoms with Gasteiger partial charge in [0.25, 0.3) is 17.7 Å². The maximum absolute atomic E-state index is 12.8. The molecule has 0 bridgehead atoms. The van der Waals surface area contributed by atoms with E-state index in [1.54, 1.807) is 0 Å². The highest BCUT2D eigenvalue weighted by molar-refractivity contribution is 6.31. The molecule has 8 heteroatoms. The van der Waals surface area contributed by atoms with Crippen LogP contribution >= 0.6 is 11.6 Å². The number of amides is 3. The predicted molar refractivity (Wildman–Crippen MR) is 118 cm³/mol. The van der Waals surface area contributed by atoms with Crippen LogP contribution < -0.4 is 5.32 Å². The summed E-state index contributed by atoms with van der Waals surface area (Å²) in [4.78, 5) is 50.8. The van der Waals surface area contributed by atoms with Crippen molar-refractivity contribution in [2.24, 2.45) is 0 Å². The molecule has 0 atom stereocenters. The number of imide groups is 1. The normalized spacial score (nSPS) is 12.6. The van der Waals surface area contributed by atoms with E-state index in [1.807, 2.05) is 30.3 Å². The van der Waals surface area contributed by atoms with Crippen LogP contribution in [0.2, 0.25) is 5.02 Å². The van der Waals surface area contributed by atoms with E-state index in [9.17, 15) is 24.3 Å². The number of carboxylic acid groups (broad SMARTS) is 1. The van der Waals surface area contributed by atoms with Crippen LogP contribution in [-0.2, 0) is 6.42 Å². The van der Waals surface area contributed by atoms with E-state index in [0.29, 0.717) is 6.42 Å². The Hall–Kier alpha value is -3.97. The molecule has 3 aromatic carbocycles. The number of aromatic carboxylic acids is 1. The second-order valence-electron chi connectivity index (χ2n) is 7.21. The summed E-state index contributed by atoms with van der Waals surface area (Å²) in [5.41, 5.74) is 1.39. The zero-order valence-corrected chi connectivity index (χ0v) is 17.4. The number of rotatable bonds is 6. The van der Waals surface area contributed by atoms with Crippen molar-refractivity contribution in [2.75, 3.05) is 11.9 Å². The first-order valence-electron chi connectivity index (χ1n) is 9.73. The van der Waals surface area contributed by atoms with E-state index in [4.69, 9.17) is 11.6 Å². The van der Waals surface area contributed by atoms with Gasteiger partial charge in [-0.3, -0.25) is 19.3 Å². The van der Waals surface area contributed by atoms with Crippen LogP contribution in [0.1, 0.15) is 47.0 Å². The smallest absolute Gasteiger partial charge is 0.337 e. The molecule has 32 heavy (non-hydrogen) atoms. The molecule has 0 saturated carbocycles. The van der Waals surface area contributed by atoms with E-state index < -0.39 is 23.7 Å². The molecule has 0 aromatic heterocycles. The minimum absolute atomic E-state index is 0.0300. The lowest BCUT2D eigenvalue weighted by Gasteiger charge is -2.13. The number of nitrogens with one attached hydrogen (secondary N) is 1. The Morgan fingerprint density at radius 3 is 2.34 bits per heavy atom. The van der Waals surface area contributed by atoms with Gasteiger partial charge in [-0.2, -0.15) is 0 Å². The van der Waals surface area contributed by atoms with Crippen LogP contribution in [0, 0.1) is 0 Å². The summed E-state index contributed by atoms with van der Waals surface area (Å²) in [5, 5.41) is 12.1. The molecule has 0 aliphatic carbocycles. The molecule has 0 unspecified atom stereocenters. The summed E-state index contributed by atoms with van der Waals surface area (Å²) < 4.78 is 0. The Labute approximate surface area is 188 Å². The predicted octanol–water partition coefficient (Wildman–Crippen LogP) is 4.13. The Morgan fingerprint density at radius 1 is 0.906 bits per heavy atom. The number of benzene rings is 3. The van der Waals surface area contributed by atoms with Gasteiger partial charge in [0.1, 0.15) is 0 Å². The second kappa shape index (κ2) is 8.64. The number of hydrogen-bond donors (Lipinski definition) is 2. The molecule has 0 saturated heterocycles. The summed E-state index contributed by atoms with van der Waals surface area (Å²) in [7, 11) is 0. The Balaban J connectivity index is 1.54. The van der Waals surface area contributed by atoms with Crippen LogP contribution in [-0.4, -0.2) is 40.2 Å². The van der Waals surface area contributed by atoms with Gasteiger partial charge in [0.05, 0.1) is 22.4 Å². The van der Waals surface area contributed by atoms with E-state index in [1.165, 1.54) is 41.3 Å². The van der Waals surface area contributed by atoms with Gasteiger partial charge >= 0.3 is 5.97 Å². The number of carbonyl (C=O) groups is 4. The zero-order valence-electron chi connectivity index (χ0n) is 16.7. The molecule has 4 rings (SSSR count). The third-order valence-electron chi connectivity index (χ3n) is 5.16. The fourth-order valence-electron chi connectivity index (χ4n) is 3.52. The molecule has 0 spiro atoms.